The highest BCUT2D eigenvalue weighted by atomic mass is 35.5. The highest BCUT2D eigenvalue weighted by molar-refractivity contribution is 6.31. The van der Waals surface area contributed by atoms with Crippen molar-refractivity contribution in [3.8, 4) is 5.75 Å². The van der Waals surface area contributed by atoms with Crippen LogP contribution in [-0.2, 0) is 6.42 Å². The molecular weight excluding hydrogens is 252 g/mol. The maximum absolute atomic E-state index is 9.39. The van der Waals surface area contributed by atoms with Gasteiger partial charge >= 0.3 is 0 Å². The summed E-state index contributed by atoms with van der Waals surface area (Å²) in [5.41, 5.74) is 1.96. The average Bonchev–Trinajstić information content (AvgIpc) is 2.37. The fraction of sp³-hybridized carbons (Fsp3) is 0.571. The second-order valence-electron chi connectivity index (χ2n) is 4.43. The van der Waals surface area contributed by atoms with Crippen LogP contribution in [0.25, 0.3) is 0 Å². The van der Waals surface area contributed by atoms with E-state index in [1.165, 1.54) is 0 Å². The van der Waals surface area contributed by atoms with Gasteiger partial charge in [0, 0.05) is 5.02 Å². The molecule has 0 aliphatic heterocycles. The molecule has 1 aromatic carbocycles. The smallest absolute Gasteiger partial charge is 0.122 e. The molecule has 0 radical (unpaired) electrons. The van der Waals surface area contributed by atoms with Gasteiger partial charge in [0.15, 0.2) is 0 Å². The van der Waals surface area contributed by atoms with E-state index >= 15 is 0 Å². The van der Waals surface area contributed by atoms with Crippen molar-refractivity contribution in [2.24, 2.45) is 0 Å². The largest absolute Gasteiger partial charge is 0.493 e. The summed E-state index contributed by atoms with van der Waals surface area (Å²) < 4.78 is 5.69. The Hall–Kier alpha value is -0.770. The highest BCUT2D eigenvalue weighted by Gasteiger charge is 2.10. The Kier molecular flexibility index (Phi) is 6.47. The zero-order chi connectivity index (χ0) is 13.5. The summed E-state index contributed by atoms with van der Waals surface area (Å²) in [7, 11) is 0. The first kappa shape index (κ1) is 15.3. The zero-order valence-corrected chi connectivity index (χ0v) is 11.7. The summed E-state index contributed by atoms with van der Waals surface area (Å²) in [4.78, 5) is 0. The predicted octanol–water partition coefficient (Wildman–Crippen LogP) is 2.72. The normalized spacial score (nSPS) is 12.5. The van der Waals surface area contributed by atoms with Crippen molar-refractivity contribution >= 4 is 11.6 Å². The van der Waals surface area contributed by atoms with Gasteiger partial charge in [0.1, 0.15) is 5.75 Å². The van der Waals surface area contributed by atoms with E-state index in [0.717, 1.165) is 23.3 Å². The molecule has 1 aromatic rings. The molecule has 2 N–H and O–H groups in total. The first-order valence-corrected chi connectivity index (χ1v) is 6.67. The van der Waals surface area contributed by atoms with E-state index in [2.05, 4.69) is 6.92 Å². The number of aryl methyl sites for hydroxylation is 2. The lowest BCUT2D eigenvalue weighted by Crippen LogP contribution is -2.13. The number of benzene rings is 1. The van der Waals surface area contributed by atoms with Gasteiger partial charge in [-0.2, -0.15) is 0 Å². The van der Waals surface area contributed by atoms with Crippen LogP contribution in [-0.4, -0.2) is 29.5 Å². The van der Waals surface area contributed by atoms with E-state index in [9.17, 15) is 5.11 Å². The van der Waals surface area contributed by atoms with E-state index in [1.807, 2.05) is 19.1 Å². The molecule has 0 saturated heterocycles. The van der Waals surface area contributed by atoms with Crippen LogP contribution in [0, 0.1) is 6.92 Å². The van der Waals surface area contributed by atoms with E-state index < -0.39 is 6.10 Å². The molecule has 1 rings (SSSR count). The van der Waals surface area contributed by atoms with Gasteiger partial charge in [-0.3, -0.25) is 0 Å². The first-order chi connectivity index (χ1) is 8.58. The highest BCUT2D eigenvalue weighted by Crippen LogP contribution is 2.28. The number of hydrogen-bond acceptors (Lipinski definition) is 3. The predicted molar refractivity (Wildman–Crippen MR) is 73.4 cm³/mol. The number of hydrogen-bond donors (Lipinski definition) is 2. The molecule has 0 aromatic heterocycles. The fourth-order valence-electron chi connectivity index (χ4n) is 1.65. The molecule has 102 valence electrons. The summed E-state index contributed by atoms with van der Waals surface area (Å²) in [5.74, 6) is 0.823. The molecule has 4 heteroatoms. The Balaban J connectivity index is 2.82. The summed E-state index contributed by atoms with van der Waals surface area (Å²) in [5, 5.41) is 18.9. The number of rotatable bonds is 7. The van der Waals surface area contributed by atoms with E-state index in [4.69, 9.17) is 21.4 Å². The number of ether oxygens (including phenoxy) is 1. The molecule has 0 saturated carbocycles. The van der Waals surface area contributed by atoms with Crippen LogP contribution in [0.15, 0.2) is 12.1 Å². The summed E-state index contributed by atoms with van der Waals surface area (Å²) >= 11 is 6.10. The third-order valence-electron chi connectivity index (χ3n) is 2.76. The molecule has 0 fully saturated rings. The van der Waals surface area contributed by atoms with Gasteiger partial charge in [0.25, 0.3) is 0 Å². The minimum atomic E-state index is -0.691. The first-order valence-electron chi connectivity index (χ1n) is 6.29. The van der Waals surface area contributed by atoms with Crippen LogP contribution >= 0.6 is 11.6 Å². The van der Waals surface area contributed by atoms with Crippen molar-refractivity contribution < 1.29 is 14.9 Å². The minimum Gasteiger partial charge on any atom is -0.493 e. The molecule has 0 bridgehead atoms. The summed E-state index contributed by atoms with van der Waals surface area (Å²) in [6.07, 6.45) is 1.39. The Labute approximate surface area is 113 Å². The van der Waals surface area contributed by atoms with Gasteiger partial charge in [0.2, 0.25) is 0 Å². The van der Waals surface area contributed by atoms with Crippen LogP contribution in [0.1, 0.15) is 30.9 Å². The van der Waals surface area contributed by atoms with Crippen LogP contribution in [0.3, 0.4) is 0 Å². The molecule has 0 spiro atoms. The molecule has 1 unspecified atom stereocenters. The fourth-order valence-corrected chi connectivity index (χ4v) is 1.84. The number of aliphatic hydroxyl groups is 2. The topological polar surface area (TPSA) is 49.7 Å². The van der Waals surface area contributed by atoms with Crippen molar-refractivity contribution in [3.05, 3.63) is 28.3 Å². The third kappa shape index (κ3) is 4.48. The van der Waals surface area contributed by atoms with Gasteiger partial charge < -0.3 is 14.9 Å². The van der Waals surface area contributed by atoms with Gasteiger partial charge in [-0.05, 0) is 49.4 Å². The Morgan fingerprint density at radius 3 is 2.72 bits per heavy atom. The molecule has 0 aliphatic rings. The van der Waals surface area contributed by atoms with Gasteiger partial charge in [-0.25, -0.2) is 0 Å². The van der Waals surface area contributed by atoms with Crippen molar-refractivity contribution in [2.45, 2.75) is 39.2 Å². The average molecular weight is 273 g/mol. The zero-order valence-electron chi connectivity index (χ0n) is 10.9. The standard InChI is InChI=1S/C14H21ClO3/c1-3-6-18-14-7-10(2)13(15)8-11(14)4-5-12(17)9-16/h7-8,12,16-17H,3-6,9H2,1-2H3. The quantitative estimate of drug-likeness (QED) is 0.802. The van der Waals surface area contributed by atoms with Crippen LogP contribution in [0.2, 0.25) is 5.02 Å². The maximum atomic E-state index is 9.39. The van der Waals surface area contributed by atoms with Crippen LogP contribution in [0.4, 0.5) is 0 Å². The Morgan fingerprint density at radius 1 is 1.39 bits per heavy atom. The second-order valence-corrected chi connectivity index (χ2v) is 4.84. The Morgan fingerprint density at radius 2 is 2.11 bits per heavy atom. The lowest BCUT2D eigenvalue weighted by molar-refractivity contribution is 0.0884. The number of aliphatic hydroxyl groups excluding tert-OH is 2. The van der Waals surface area contributed by atoms with Gasteiger partial charge in [-0.1, -0.05) is 18.5 Å². The van der Waals surface area contributed by atoms with Crippen molar-refractivity contribution in [2.75, 3.05) is 13.2 Å². The molecule has 3 nitrogen and oxygen atoms in total. The minimum absolute atomic E-state index is 0.218. The van der Waals surface area contributed by atoms with Crippen molar-refractivity contribution in [3.63, 3.8) is 0 Å². The Bertz CT molecular complexity index is 380. The molecular formula is C14H21ClO3. The molecule has 1 atom stereocenters. The van der Waals surface area contributed by atoms with E-state index in [-0.39, 0.29) is 6.61 Å². The SMILES string of the molecule is CCCOc1cc(C)c(Cl)cc1CCC(O)CO. The molecule has 0 aliphatic carbocycles. The molecule has 0 amide bonds. The number of halogens is 1. The molecule has 18 heavy (non-hydrogen) atoms. The van der Waals surface area contributed by atoms with Crippen LogP contribution in [0.5, 0.6) is 5.75 Å². The maximum Gasteiger partial charge on any atom is 0.122 e. The van der Waals surface area contributed by atoms with Gasteiger partial charge in [-0.15, -0.1) is 0 Å². The van der Waals surface area contributed by atoms with Crippen molar-refractivity contribution in [1.29, 1.82) is 0 Å². The van der Waals surface area contributed by atoms with E-state index in [1.54, 1.807) is 0 Å². The van der Waals surface area contributed by atoms with E-state index in [0.29, 0.717) is 24.5 Å². The lowest BCUT2D eigenvalue weighted by Gasteiger charge is -2.14. The summed E-state index contributed by atoms with van der Waals surface area (Å²) in [6.45, 7) is 4.44. The van der Waals surface area contributed by atoms with Crippen LogP contribution < -0.4 is 4.74 Å². The molecule has 0 heterocycles. The van der Waals surface area contributed by atoms with Gasteiger partial charge in [0.05, 0.1) is 19.3 Å². The summed E-state index contributed by atoms with van der Waals surface area (Å²) in [6, 6.07) is 3.81. The third-order valence-corrected chi connectivity index (χ3v) is 3.17. The van der Waals surface area contributed by atoms with Crippen molar-refractivity contribution in [1.82, 2.24) is 0 Å². The second kappa shape index (κ2) is 7.62. The monoisotopic (exact) mass is 272 g/mol. The lowest BCUT2D eigenvalue weighted by atomic mass is 10.0.